The molecule has 2 rings (SSSR count). The molecular weight excluding hydrogens is 398 g/mol. The predicted molar refractivity (Wildman–Crippen MR) is 104 cm³/mol. The normalized spacial score (nSPS) is 13.3. The van der Waals surface area contributed by atoms with Crippen LogP contribution < -0.4 is 10.1 Å². The Kier molecular flexibility index (Phi) is 6.96. The van der Waals surface area contributed by atoms with Crippen LogP contribution in [0.5, 0.6) is 11.5 Å². The van der Waals surface area contributed by atoms with Crippen molar-refractivity contribution in [1.82, 2.24) is 10.3 Å². The fourth-order valence-electron chi connectivity index (χ4n) is 2.72. The molecule has 7 nitrogen and oxygen atoms in total. The number of methoxy groups -OCH3 is 1. The number of halogens is 2. The average molecular weight is 422 g/mol. The maximum Gasteiger partial charge on any atom is 0.328 e. The summed E-state index contributed by atoms with van der Waals surface area (Å²) in [5.74, 6) is -3.23. The number of aromatic nitrogens is 1. The smallest absolute Gasteiger partial charge is 0.328 e. The lowest BCUT2D eigenvalue weighted by molar-refractivity contribution is -0.153. The molecule has 1 aromatic carbocycles. The Morgan fingerprint density at radius 1 is 1.20 bits per heavy atom. The van der Waals surface area contributed by atoms with Crippen LogP contribution in [0.15, 0.2) is 30.5 Å². The number of carbonyl (C=O) groups is 2. The third-order valence-electron chi connectivity index (χ3n) is 4.96. The van der Waals surface area contributed by atoms with Crippen molar-refractivity contribution in [2.75, 3.05) is 7.11 Å². The SMILES string of the molecule is COc1ccnc(C(=O)N[C@@H](C)C(=O)OC(C)C(C)(C)c2cc(F)ccc2F)c1O. The third kappa shape index (κ3) is 4.84. The fraction of sp³-hybridized carbons (Fsp3) is 0.381. The van der Waals surface area contributed by atoms with E-state index in [4.69, 9.17) is 9.47 Å². The van der Waals surface area contributed by atoms with Gasteiger partial charge < -0.3 is 19.9 Å². The molecule has 0 saturated carbocycles. The van der Waals surface area contributed by atoms with Crippen molar-refractivity contribution in [3.8, 4) is 11.5 Å². The van der Waals surface area contributed by atoms with E-state index in [1.54, 1.807) is 20.8 Å². The van der Waals surface area contributed by atoms with E-state index in [9.17, 15) is 23.5 Å². The molecule has 1 aromatic heterocycles. The van der Waals surface area contributed by atoms with Crippen LogP contribution in [0.4, 0.5) is 8.78 Å². The highest BCUT2D eigenvalue weighted by Crippen LogP contribution is 2.32. The number of aromatic hydroxyl groups is 1. The van der Waals surface area contributed by atoms with Gasteiger partial charge in [0.1, 0.15) is 23.8 Å². The van der Waals surface area contributed by atoms with Crippen LogP contribution in [0.1, 0.15) is 43.7 Å². The summed E-state index contributed by atoms with van der Waals surface area (Å²) in [6.07, 6.45) is 0.429. The predicted octanol–water partition coefficient (Wildman–Crippen LogP) is 3.10. The monoisotopic (exact) mass is 422 g/mol. The summed E-state index contributed by atoms with van der Waals surface area (Å²) in [5.41, 5.74) is -1.30. The van der Waals surface area contributed by atoms with Crippen LogP contribution >= 0.6 is 0 Å². The molecule has 2 atom stereocenters. The number of hydrogen-bond donors (Lipinski definition) is 2. The zero-order chi connectivity index (χ0) is 22.6. The van der Waals surface area contributed by atoms with Crippen molar-refractivity contribution in [2.45, 2.75) is 45.3 Å². The Hall–Kier alpha value is -3.23. The molecule has 0 radical (unpaired) electrons. The molecule has 0 saturated heterocycles. The summed E-state index contributed by atoms with van der Waals surface area (Å²) >= 11 is 0. The van der Waals surface area contributed by atoms with Gasteiger partial charge in [0.25, 0.3) is 5.91 Å². The van der Waals surface area contributed by atoms with Crippen LogP contribution in [0, 0.1) is 11.6 Å². The zero-order valence-corrected chi connectivity index (χ0v) is 17.3. The van der Waals surface area contributed by atoms with Crippen molar-refractivity contribution >= 4 is 11.9 Å². The lowest BCUT2D eigenvalue weighted by Crippen LogP contribution is -2.44. The third-order valence-corrected chi connectivity index (χ3v) is 4.96. The van der Waals surface area contributed by atoms with E-state index in [1.807, 2.05) is 0 Å². The highest BCUT2D eigenvalue weighted by molar-refractivity contribution is 5.97. The van der Waals surface area contributed by atoms with Crippen LogP contribution in [0.2, 0.25) is 0 Å². The van der Waals surface area contributed by atoms with E-state index < -0.39 is 46.8 Å². The van der Waals surface area contributed by atoms with E-state index in [0.717, 1.165) is 18.2 Å². The van der Waals surface area contributed by atoms with Gasteiger partial charge in [-0.2, -0.15) is 0 Å². The van der Waals surface area contributed by atoms with Crippen molar-refractivity contribution in [2.24, 2.45) is 0 Å². The summed E-state index contributed by atoms with van der Waals surface area (Å²) in [6.45, 7) is 6.17. The zero-order valence-electron chi connectivity index (χ0n) is 17.3. The average Bonchev–Trinajstić information content (AvgIpc) is 2.69. The number of ether oxygens (including phenoxy) is 2. The minimum atomic E-state index is -1.10. The first-order valence-electron chi connectivity index (χ1n) is 9.17. The highest BCUT2D eigenvalue weighted by Gasteiger charge is 2.35. The molecule has 0 aliphatic heterocycles. The Morgan fingerprint density at radius 2 is 1.87 bits per heavy atom. The quantitative estimate of drug-likeness (QED) is 0.666. The minimum Gasteiger partial charge on any atom is -0.503 e. The van der Waals surface area contributed by atoms with Crippen LogP contribution in [0.3, 0.4) is 0 Å². The second-order valence-corrected chi connectivity index (χ2v) is 7.33. The Labute approximate surface area is 173 Å². The molecule has 0 bridgehead atoms. The summed E-state index contributed by atoms with van der Waals surface area (Å²) in [7, 11) is 1.32. The highest BCUT2D eigenvalue weighted by atomic mass is 19.1. The largest absolute Gasteiger partial charge is 0.503 e. The maximum absolute atomic E-state index is 14.2. The van der Waals surface area contributed by atoms with Crippen LogP contribution in [-0.2, 0) is 14.9 Å². The van der Waals surface area contributed by atoms with Crippen molar-refractivity contribution in [3.63, 3.8) is 0 Å². The molecule has 0 aliphatic rings. The first-order chi connectivity index (χ1) is 14.0. The molecule has 9 heteroatoms. The molecule has 0 fully saturated rings. The number of rotatable bonds is 7. The second-order valence-electron chi connectivity index (χ2n) is 7.33. The summed E-state index contributed by atoms with van der Waals surface area (Å²) in [5, 5.41) is 12.4. The minimum absolute atomic E-state index is 0.0536. The molecule has 0 aliphatic carbocycles. The molecule has 0 spiro atoms. The summed E-state index contributed by atoms with van der Waals surface area (Å²) in [6, 6.07) is 3.35. The van der Waals surface area contributed by atoms with E-state index in [-0.39, 0.29) is 17.0 Å². The molecule has 162 valence electrons. The van der Waals surface area contributed by atoms with E-state index in [0.29, 0.717) is 0 Å². The van der Waals surface area contributed by atoms with Gasteiger partial charge in [0, 0.05) is 23.2 Å². The van der Waals surface area contributed by atoms with Gasteiger partial charge in [0.05, 0.1) is 7.11 Å². The standard InChI is InChI=1S/C21H24F2N2O5/c1-11(25-19(27)17-18(26)16(29-5)8-9-24-17)20(28)30-12(2)21(3,4)14-10-13(22)6-7-15(14)23/h6-12,26H,1-5H3,(H,25,27)/t11-,12?/m0/s1. The van der Waals surface area contributed by atoms with Gasteiger partial charge in [-0.25, -0.2) is 18.6 Å². The summed E-state index contributed by atoms with van der Waals surface area (Å²) in [4.78, 5) is 28.6. The van der Waals surface area contributed by atoms with Gasteiger partial charge in [0.2, 0.25) is 0 Å². The number of hydrogen-bond acceptors (Lipinski definition) is 6. The number of esters is 1. The number of benzene rings is 1. The first kappa shape index (κ1) is 23.1. The molecule has 1 amide bonds. The lowest BCUT2D eigenvalue weighted by Gasteiger charge is -2.33. The topological polar surface area (TPSA) is 97.8 Å². The summed E-state index contributed by atoms with van der Waals surface area (Å²) < 4.78 is 38.0. The lowest BCUT2D eigenvalue weighted by atomic mass is 9.79. The van der Waals surface area contributed by atoms with Gasteiger partial charge in [0.15, 0.2) is 17.2 Å². The Bertz CT molecular complexity index is 949. The maximum atomic E-state index is 14.2. The molecular formula is C21H24F2N2O5. The van der Waals surface area contributed by atoms with E-state index >= 15 is 0 Å². The second kappa shape index (κ2) is 9.06. The van der Waals surface area contributed by atoms with Crippen molar-refractivity contribution in [3.05, 3.63) is 53.4 Å². The number of pyridine rings is 1. The number of nitrogens with zero attached hydrogens (tertiary/aromatic N) is 1. The molecule has 2 aromatic rings. The first-order valence-corrected chi connectivity index (χ1v) is 9.17. The van der Waals surface area contributed by atoms with Gasteiger partial charge in [-0.1, -0.05) is 13.8 Å². The number of amides is 1. The van der Waals surface area contributed by atoms with E-state index in [2.05, 4.69) is 10.3 Å². The van der Waals surface area contributed by atoms with Crippen LogP contribution in [-0.4, -0.2) is 41.2 Å². The van der Waals surface area contributed by atoms with Crippen molar-refractivity contribution in [1.29, 1.82) is 0 Å². The molecule has 1 unspecified atom stereocenters. The molecule has 2 N–H and O–H groups in total. The van der Waals surface area contributed by atoms with Crippen LogP contribution in [0.25, 0.3) is 0 Å². The number of nitrogens with one attached hydrogen (secondary N) is 1. The molecule has 30 heavy (non-hydrogen) atoms. The van der Waals surface area contributed by atoms with Gasteiger partial charge in [-0.15, -0.1) is 0 Å². The van der Waals surface area contributed by atoms with E-state index in [1.165, 1.54) is 26.3 Å². The van der Waals surface area contributed by atoms with Crippen molar-refractivity contribution < 1.29 is 33.0 Å². The van der Waals surface area contributed by atoms with Gasteiger partial charge >= 0.3 is 5.97 Å². The molecule has 1 heterocycles. The van der Waals surface area contributed by atoms with Gasteiger partial charge in [-0.05, 0) is 32.0 Å². The Morgan fingerprint density at radius 3 is 2.50 bits per heavy atom. The Balaban J connectivity index is 2.09. The fourth-order valence-corrected chi connectivity index (χ4v) is 2.72. The number of carbonyl (C=O) groups excluding carboxylic acids is 2. The van der Waals surface area contributed by atoms with Gasteiger partial charge in [-0.3, -0.25) is 4.79 Å².